The van der Waals surface area contributed by atoms with Gasteiger partial charge in [0.05, 0.1) is 18.5 Å². The lowest BCUT2D eigenvalue weighted by molar-refractivity contribution is -0.132. The predicted octanol–water partition coefficient (Wildman–Crippen LogP) is 0.342. The first-order chi connectivity index (χ1) is 6.00. The van der Waals surface area contributed by atoms with Crippen LogP contribution in [0.5, 0.6) is 0 Å². The third-order valence-corrected chi connectivity index (χ3v) is 1.94. The van der Waals surface area contributed by atoms with Gasteiger partial charge in [-0.2, -0.15) is 5.26 Å². The van der Waals surface area contributed by atoms with Gasteiger partial charge in [0, 0.05) is 13.6 Å². The highest BCUT2D eigenvalue weighted by molar-refractivity contribution is 5.81. The molecule has 74 valence electrons. The molecule has 0 aliphatic rings. The summed E-state index contributed by atoms with van der Waals surface area (Å²) in [5, 5.41) is 8.33. The van der Waals surface area contributed by atoms with Crippen molar-refractivity contribution in [2.24, 2.45) is 11.7 Å². The van der Waals surface area contributed by atoms with Crippen molar-refractivity contribution in [2.75, 3.05) is 13.6 Å². The summed E-state index contributed by atoms with van der Waals surface area (Å²) < 4.78 is 0. The monoisotopic (exact) mass is 183 g/mol. The molecule has 0 rings (SSSR count). The Bertz CT molecular complexity index is 207. The maximum absolute atomic E-state index is 11.5. The van der Waals surface area contributed by atoms with Crippen molar-refractivity contribution < 1.29 is 4.79 Å². The Morgan fingerprint density at radius 3 is 2.54 bits per heavy atom. The van der Waals surface area contributed by atoms with Crippen LogP contribution < -0.4 is 5.73 Å². The number of hydrogen-bond acceptors (Lipinski definition) is 3. The average Bonchev–Trinajstić information content (AvgIpc) is 2.11. The fourth-order valence-electron chi connectivity index (χ4n) is 0.868. The molecule has 0 bridgehead atoms. The molecule has 0 fully saturated rings. The number of carbonyl (C=O) groups is 1. The second-order valence-corrected chi connectivity index (χ2v) is 3.44. The summed E-state index contributed by atoms with van der Waals surface area (Å²) >= 11 is 0. The minimum Gasteiger partial charge on any atom is -0.343 e. The number of hydrogen-bond donors (Lipinski definition) is 1. The Hall–Kier alpha value is -1.08. The van der Waals surface area contributed by atoms with Gasteiger partial charge in [0.25, 0.3) is 0 Å². The topological polar surface area (TPSA) is 70.1 Å². The van der Waals surface area contributed by atoms with Crippen molar-refractivity contribution in [1.29, 1.82) is 5.26 Å². The van der Waals surface area contributed by atoms with Gasteiger partial charge in [-0.15, -0.1) is 0 Å². The number of carbonyl (C=O) groups excluding carboxylic acids is 1. The maximum atomic E-state index is 11.5. The zero-order valence-corrected chi connectivity index (χ0v) is 8.45. The van der Waals surface area contributed by atoms with Gasteiger partial charge in [0.1, 0.15) is 0 Å². The van der Waals surface area contributed by atoms with Crippen molar-refractivity contribution in [3.05, 3.63) is 0 Å². The van der Waals surface area contributed by atoms with E-state index in [4.69, 9.17) is 11.0 Å². The van der Waals surface area contributed by atoms with E-state index in [0.29, 0.717) is 13.0 Å². The largest absolute Gasteiger partial charge is 0.343 e. The van der Waals surface area contributed by atoms with Gasteiger partial charge in [-0.3, -0.25) is 4.79 Å². The van der Waals surface area contributed by atoms with Gasteiger partial charge >= 0.3 is 0 Å². The van der Waals surface area contributed by atoms with E-state index in [-0.39, 0.29) is 11.8 Å². The van der Waals surface area contributed by atoms with E-state index >= 15 is 0 Å². The van der Waals surface area contributed by atoms with Gasteiger partial charge in [-0.25, -0.2) is 0 Å². The van der Waals surface area contributed by atoms with E-state index in [2.05, 4.69) is 0 Å². The van der Waals surface area contributed by atoms with Crippen LogP contribution in [0.4, 0.5) is 0 Å². The lowest BCUT2D eigenvalue weighted by Crippen LogP contribution is -2.45. The molecule has 0 saturated heterocycles. The first-order valence-corrected chi connectivity index (χ1v) is 4.38. The molecule has 1 atom stereocenters. The zero-order valence-electron chi connectivity index (χ0n) is 8.45. The smallest absolute Gasteiger partial charge is 0.239 e. The van der Waals surface area contributed by atoms with Crippen LogP contribution in [-0.4, -0.2) is 30.4 Å². The quantitative estimate of drug-likeness (QED) is 0.683. The van der Waals surface area contributed by atoms with Crippen molar-refractivity contribution in [2.45, 2.75) is 26.3 Å². The number of likely N-dealkylation sites (N-methyl/N-ethyl adjacent to an activating group) is 1. The summed E-state index contributed by atoms with van der Waals surface area (Å²) in [5.41, 5.74) is 5.66. The standard InChI is InChI=1S/C9H17N3O/c1-7(2)8(11)9(13)12(3)6-4-5-10/h7-8H,4,6,11H2,1-3H3. The van der Waals surface area contributed by atoms with Gasteiger partial charge in [0.2, 0.25) is 5.91 Å². The summed E-state index contributed by atoms with van der Waals surface area (Å²) in [5.74, 6) is 0.0438. The third-order valence-electron chi connectivity index (χ3n) is 1.94. The van der Waals surface area contributed by atoms with Crippen LogP contribution in [0.25, 0.3) is 0 Å². The van der Waals surface area contributed by atoms with Gasteiger partial charge in [-0.1, -0.05) is 13.8 Å². The van der Waals surface area contributed by atoms with Crippen LogP contribution in [0.2, 0.25) is 0 Å². The summed E-state index contributed by atoms with van der Waals surface area (Å²) in [6.07, 6.45) is 0.354. The number of nitriles is 1. The highest BCUT2D eigenvalue weighted by Crippen LogP contribution is 2.02. The van der Waals surface area contributed by atoms with Crippen LogP contribution in [0.15, 0.2) is 0 Å². The highest BCUT2D eigenvalue weighted by Gasteiger charge is 2.20. The minimum atomic E-state index is -0.455. The van der Waals surface area contributed by atoms with Crippen molar-refractivity contribution in [3.8, 4) is 6.07 Å². The molecule has 0 saturated carbocycles. The van der Waals surface area contributed by atoms with Crippen molar-refractivity contribution >= 4 is 5.91 Å². The van der Waals surface area contributed by atoms with E-state index in [1.165, 1.54) is 4.90 Å². The molecule has 0 aromatic rings. The summed E-state index contributed by atoms with van der Waals surface area (Å²) in [6, 6.07) is 1.53. The van der Waals surface area contributed by atoms with Crippen LogP contribution in [0.1, 0.15) is 20.3 Å². The first-order valence-electron chi connectivity index (χ1n) is 4.38. The Morgan fingerprint density at radius 1 is 1.62 bits per heavy atom. The lowest BCUT2D eigenvalue weighted by atomic mass is 10.0. The summed E-state index contributed by atoms with van der Waals surface area (Å²) in [6.45, 7) is 4.26. The van der Waals surface area contributed by atoms with Crippen LogP contribution in [0, 0.1) is 17.2 Å². The first kappa shape index (κ1) is 11.9. The Morgan fingerprint density at radius 2 is 2.15 bits per heavy atom. The number of rotatable bonds is 4. The number of nitrogens with two attached hydrogens (primary N) is 1. The fraction of sp³-hybridized carbons (Fsp3) is 0.778. The van der Waals surface area contributed by atoms with Crippen LogP contribution in [-0.2, 0) is 4.79 Å². The molecule has 0 aromatic heterocycles. The molecule has 1 amide bonds. The zero-order chi connectivity index (χ0) is 10.4. The molecule has 4 nitrogen and oxygen atoms in total. The van der Waals surface area contributed by atoms with Crippen LogP contribution in [0.3, 0.4) is 0 Å². The molecular formula is C9H17N3O. The molecule has 4 heteroatoms. The normalized spacial score (nSPS) is 12.3. The molecule has 1 unspecified atom stereocenters. The van der Waals surface area contributed by atoms with Gasteiger partial charge < -0.3 is 10.6 Å². The van der Waals surface area contributed by atoms with E-state index in [9.17, 15) is 4.79 Å². The summed E-state index contributed by atoms with van der Waals surface area (Å²) in [4.78, 5) is 13.0. The lowest BCUT2D eigenvalue weighted by Gasteiger charge is -2.22. The number of amides is 1. The molecular weight excluding hydrogens is 166 g/mol. The second kappa shape index (κ2) is 5.55. The second-order valence-electron chi connectivity index (χ2n) is 3.44. The van der Waals surface area contributed by atoms with Crippen LogP contribution >= 0.6 is 0 Å². The van der Waals surface area contributed by atoms with E-state index in [1.807, 2.05) is 19.9 Å². The SMILES string of the molecule is CC(C)C(N)C(=O)N(C)CCC#N. The molecule has 0 aromatic carbocycles. The molecule has 0 spiro atoms. The Labute approximate surface area is 79.3 Å². The predicted molar refractivity (Wildman–Crippen MR) is 50.7 cm³/mol. The molecule has 2 N–H and O–H groups in total. The molecule has 0 aliphatic carbocycles. The van der Waals surface area contributed by atoms with E-state index in [0.717, 1.165) is 0 Å². The fourth-order valence-corrected chi connectivity index (χ4v) is 0.868. The summed E-state index contributed by atoms with van der Waals surface area (Å²) in [7, 11) is 1.67. The highest BCUT2D eigenvalue weighted by atomic mass is 16.2. The molecule has 0 radical (unpaired) electrons. The molecule has 0 aliphatic heterocycles. The van der Waals surface area contributed by atoms with E-state index in [1.54, 1.807) is 7.05 Å². The Balaban J connectivity index is 4.03. The van der Waals surface area contributed by atoms with Gasteiger partial charge in [-0.05, 0) is 5.92 Å². The van der Waals surface area contributed by atoms with Crippen molar-refractivity contribution in [3.63, 3.8) is 0 Å². The minimum absolute atomic E-state index is 0.0924. The number of nitrogens with zero attached hydrogens (tertiary/aromatic N) is 2. The van der Waals surface area contributed by atoms with Crippen molar-refractivity contribution in [1.82, 2.24) is 4.90 Å². The van der Waals surface area contributed by atoms with E-state index < -0.39 is 6.04 Å². The third kappa shape index (κ3) is 3.90. The maximum Gasteiger partial charge on any atom is 0.239 e. The molecule has 13 heavy (non-hydrogen) atoms. The Kier molecular flexibility index (Phi) is 5.09. The molecule has 0 heterocycles. The average molecular weight is 183 g/mol. The van der Waals surface area contributed by atoms with Gasteiger partial charge in [0.15, 0.2) is 0 Å².